The Kier molecular flexibility index (Phi) is 5.36. The van der Waals surface area contributed by atoms with Gasteiger partial charge in [0.05, 0.1) is 12.2 Å². The van der Waals surface area contributed by atoms with E-state index in [0.717, 1.165) is 36.2 Å². The third-order valence-corrected chi connectivity index (χ3v) is 5.15. The zero-order chi connectivity index (χ0) is 21.1. The fourth-order valence-corrected chi connectivity index (χ4v) is 3.66. The van der Waals surface area contributed by atoms with Crippen LogP contribution in [0.2, 0.25) is 0 Å². The van der Waals surface area contributed by atoms with E-state index in [1.54, 1.807) is 24.3 Å². The summed E-state index contributed by atoms with van der Waals surface area (Å²) in [5, 5.41) is 9.99. The van der Waals surface area contributed by atoms with Crippen LogP contribution in [-0.2, 0) is 17.6 Å². The average molecular weight is 398 g/mol. The number of hydrogen-bond acceptors (Lipinski definition) is 3. The van der Waals surface area contributed by atoms with Crippen molar-refractivity contribution in [2.24, 2.45) is 0 Å². The number of carbonyl (C=O) groups excluding carboxylic acids is 2. The molecule has 1 heterocycles. The van der Waals surface area contributed by atoms with Gasteiger partial charge < -0.3 is 10.6 Å². The van der Waals surface area contributed by atoms with Crippen molar-refractivity contribution >= 4 is 17.5 Å². The summed E-state index contributed by atoms with van der Waals surface area (Å²) in [7, 11) is 0. The maximum Gasteiger partial charge on any atom is 0.272 e. The second-order valence-corrected chi connectivity index (χ2v) is 7.33. The zero-order valence-electron chi connectivity index (χ0n) is 16.7. The number of carbonyl (C=O) groups is 2. The van der Waals surface area contributed by atoms with Crippen LogP contribution in [0.1, 0.15) is 39.3 Å². The molecule has 1 aliphatic rings. The van der Waals surface area contributed by atoms with E-state index in [1.165, 1.54) is 5.56 Å². The molecule has 0 unspecified atom stereocenters. The van der Waals surface area contributed by atoms with Crippen LogP contribution in [0, 0.1) is 19.3 Å². The summed E-state index contributed by atoms with van der Waals surface area (Å²) in [5.74, 6) is 1.86. The number of aryl methyl sites for hydroxylation is 1. The molecule has 150 valence electrons. The van der Waals surface area contributed by atoms with Gasteiger partial charge in [-0.05, 0) is 56.5 Å². The molecule has 0 aliphatic heterocycles. The second kappa shape index (κ2) is 8.26. The number of amides is 2. The summed E-state index contributed by atoms with van der Waals surface area (Å²) in [6.45, 7) is 1.88. The Morgan fingerprint density at radius 1 is 1.17 bits per heavy atom. The van der Waals surface area contributed by atoms with Gasteiger partial charge in [-0.25, -0.2) is 4.68 Å². The van der Waals surface area contributed by atoms with Crippen LogP contribution >= 0.6 is 0 Å². The first-order valence-electron chi connectivity index (χ1n) is 9.87. The maximum absolute atomic E-state index is 12.8. The smallest absolute Gasteiger partial charge is 0.272 e. The van der Waals surface area contributed by atoms with Crippen molar-refractivity contribution in [1.29, 1.82) is 0 Å². The number of nitrogens with zero attached hydrogens (tertiary/aromatic N) is 2. The van der Waals surface area contributed by atoms with Gasteiger partial charge in [0.25, 0.3) is 5.91 Å². The maximum atomic E-state index is 12.8. The number of hydrogen-bond donors (Lipinski definition) is 2. The van der Waals surface area contributed by atoms with E-state index >= 15 is 0 Å². The number of fused-ring (bicyclic) bond motifs is 1. The molecule has 2 amide bonds. The molecule has 2 N–H and O–H groups in total. The fraction of sp³-hybridized carbons (Fsp3) is 0.208. The molecular weight excluding hydrogens is 376 g/mol. The zero-order valence-corrected chi connectivity index (χ0v) is 16.7. The van der Waals surface area contributed by atoms with Crippen LogP contribution in [-0.4, -0.2) is 28.1 Å². The van der Waals surface area contributed by atoms with Crippen molar-refractivity contribution in [3.63, 3.8) is 0 Å². The molecule has 1 aliphatic carbocycles. The summed E-state index contributed by atoms with van der Waals surface area (Å²) < 4.78 is 1.85. The molecule has 0 radical (unpaired) electrons. The normalized spacial score (nSPS) is 12.1. The number of terminal acetylenes is 1. The van der Waals surface area contributed by atoms with Gasteiger partial charge in [-0.3, -0.25) is 9.59 Å². The van der Waals surface area contributed by atoms with E-state index in [0.29, 0.717) is 16.9 Å². The molecule has 3 aromatic rings. The quantitative estimate of drug-likeness (QED) is 0.649. The van der Waals surface area contributed by atoms with E-state index in [4.69, 9.17) is 6.42 Å². The van der Waals surface area contributed by atoms with Crippen molar-refractivity contribution in [3.8, 4) is 18.0 Å². The van der Waals surface area contributed by atoms with Crippen LogP contribution < -0.4 is 10.6 Å². The molecule has 30 heavy (non-hydrogen) atoms. The fourth-order valence-electron chi connectivity index (χ4n) is 3.66. The average Bonchev–Trinajstić information content (AvgIpc) is 3.36. The lowest BCUT2D eigenvalue weighted by atomic mass is 10.2. The van der Waals surface area contributed by atoms with E-state index in [2.05, 4.69) is 21.7 Å². The molecule has 0 atom stereocenters. The van der Waals surface area contributed by atoms with Gasteiger partial charge in [0.1, 0.15) is 0 Å². The highest BCUT2D eigenvalue weighted by Gasteiger charge is 2.27. The first-order chi connectivity index (χ1) is 14.5. The van der Waals surface area contributed by atoms with E-state index in [1.807, 2.05) is 35.9 Å². The van der Waals surface area contributed by atoms with Crippen molar-refractivity contribution in [2.45, 2.75) is 26.2 Å². The van der Waals surface area contributed by atoms with Crippen LogP contribution in [0.15, 0.2) is 48.5 Å². The lowest BCUT2D eigenvalue weighted by molar-refractivity contribution is -0.115. The van der Waals surface area contributed by atoms with Crippen LogP contribution in [0.25, 0.3) is 5.69 Å². The van der Waals surface area contributed by atoms with E-state index in [-0.39, 0.29) is 18.4 Å². The Morgan fingerprint density at radius 2 is 1.97 bits per heavy atom. The highest BCUT2D eigenvalue weighted by atomic mass is 16.2. The summed E-state index contributed by atoms with van der Waals surface area (Å²) in [4.78, 5) is 25.0. The summed E-state index contributed by atoms with van der Waals surface area (Å²) in [6.07, 6.45) is 8.07. The van der Waals surface area contributed by atoms with Gasteiger partial charge in [0.2, 0.25) is 5.91 Å². The van der Waals surface area contributed by atoms with Gasteiger partial charge in [-0.1, -0.05) is 29.7 Å². The summed E-state index contributed by atoms with van der Waals surface area (Å²) in [5.41, 5.74) is 5.80. The van der Waals surface area contributed by atoms with Gasteiger partial charge >= 0.3 is 0 Å². The minimum absolute atomic E-state index is 0.148. The van der Waals surface area contributed by atoms with Crippen molar-refractivity contribution in [2.75, 3.05) is 11.9 Å². The topological polar surface area (TPSA) is 76.0 Å². The Bertz CT molecular complexity index is 1150. The third kappa shape index (κ3) is 3.96. The molecule has 0 saturated carbocycles. The molecule has 1 aromatic heterocycles. The van der Waals surface area contributed by atoms with Crippen molar-refractivity contribution in [1.82, 2.24) is 15.1 Å². The Hall–Kier alpha value is -3.85. The minimum Gasteiger partial charge on any atom is -0.342 e. The molecule has 0 saturated heterocycles. The highest BCUT2D eigenvalue weighted by molar-refractivity contribution is 5.99. The number of benzene rings is 2. The standard InChI is InChI=1S/C24H22N4O2/c1-3-17-6-4-7-18(14-17)26-22(29)15-25-24(30)23-20-8-5-9-21(20)28(27-23)19-12-10-16(2)11-13-19/h1,4,6-7,10-14H,5,8-9,15H2,2H3,(H,25,30)(H,26,29). The first kappa shape index (κ1) is 19.5. The summed E-state index contributed by atoms with van der Waals surface area (Å²) in [6, 6.07) is 15.1. The van der Waals surface area contributed by atoms with Gasteiger partial charge in [-0.2, -0.15) is 5.10 Å². The van der Waals surface area contributed by atoms with E-state index in [9.17, 15) is 9.59 Å². The molecule has 4 rings (SSSR count). The molecule has 0 fully saturated rings. The first-order valence-corrected chi connectivity index (χ1v) is 9.87. The van der Waals surface area contributed by atoms with Crippen molar-refractivity contribution < 1.29 is 9.59 Å². The number of nitrogens with one attached hydrogen (secondary N) is 2. The van der Waals surface area contributed by atoms with E-state index < -0.39 is 0 Å². The molecule has 6 nitrogen and oxygen atoms in total. The van der Waals surface area contributed by atoms with Gasteiger partial charge in [0, 0.05) is 22.5 Å². The Morgan fingerprint density at radius 3 is 2.73 bits per heavy atom. The Labute approximate surface area is 175 Å². The lowest BCUT2D eigenvalue weighted by Gasteiger charge is -2.07. The molecule has 2 aromatic carbocycles. The SMILES string of the molecule is C#Cc1cccc(NC(=O)CNC(=O)c2nn(-c3ccc(C)cc3)c3c2CCC3)c1. The number of anilines is 1. The lowest BCUT2D eigenvalue weighted by Crippen LogP contribution is -2.33. The Balaban J connectivity index is 1.46. The monoisotopic (exact) mass is 398 g/mol. The molecule has 6 heteroatoms. The number of rotatable bonds is 5. The largest absolute Gasteiger partial charge is 0.342 e. The van der Waals surface area contributed by atoms with Crippen LogP contribution in [0.3, 0.4) is 0 Å². The van der Waals surface area contributed by atoms with Crippen LogP contribution in [0.5, 0.6) is 0 Å². The summed E-state index contributed by atoms with van der Waals surface area (Å²) >= 11 is 0. The molecule has 0 bridgehead atoms. The van der Waals surface area contributed by atoms with Crippen LogP contribution in [0.4, 0.5) is 5.69 Å². The predicted octanol–water partition coefficient (Wildman–Crippen LogP) is 3.02. The highest BCUT2D eigenvalue weighted by Crippen LogP contribution is 2.28. The minimum atomic E-state index is -0.341. The molecule has 0 spiro atoms. The number of aromatic nitrogens is 2. The molecular formula is C24H22N4O2. The second-order valence-electron chi connectivity index (χ2n) is 7.33. The van der Waals surface area contributed by atoms with Crippen molar-refractivity contribution in [3.05, 3.63) is 76.6 Å². The third-order valence-electron chi connectivity index (χ3n) is 5.15. The predicted molar refractivity (Wildman–Crippen MR) is 116 cm³/mol. The van der Waals surface area contributed by atoms with Gasteiger partial charge in [0.15, 0.2) is 5.69 Å². The van der Waals surface area contributed by atoms with Gasteiger partial charge in [-0.15, -0.1) is 6.42 Å².